The summed E-state index contributed by atoms with van der Waals surface area (Å²) in [6, 6.07) is 10.5. The largest absolute Gasteiger partial charge is 0.334 e. The topological polar surface area (TPSA) is 109 Å². The van der Waals surface area contributed by atoms with Gasteiger partial charge in [0, 0.05) is 35.9 Å². The quantitative estimate of drug-likeness (QED) is 0.546. The number of pyridine rings is 1. The van der Waals surface area contributed by atoms with Gasteiger partial charge >= 0.3 is 6.03 Å². The Morgan fingerprint density at radius 3 is 2.43 bits per heavy atom. The summed E-state index contributed by atoms with van der Waals surface area (Å²) in [6.45, 7) is 2.35. The van der Waals surface area contributed by atoms with E-state index in [0.717, 1.165) is 31.2 Å². The van der Waals surface area contributed by atoms with Crippen molar-refractivity contribution in [1.82, 2.24) is 10.3 Å². The van der Waals surface area contributed by atoms with E-state index in [0.29, 0.717) is 17.9 Å². The zero-order chi connectivity index (χ0) is 20.0. The second-order valence-electron chi connectivity index (χ2n) is 7.54. The normalized spacial score (nSPS) is 20.1. The number of hydrogen-bond donors (Lipinski definition) is 4. The molecular weight excluding hydrogens is 425 g/mol. The van der Waals surface area contributed by atoms with Gasteiger partial charge in [0.1, 0.15) is 0 Å². The minimum absolute atomic E-state index is 0. The first kappa shape index (κ1) is 25.7. The molecule has 1 aliphatic carbocycles. The van der Waals surface area contributed by atoms with Crippen LogP contribution in [0.1, 0.15) is 38.2 Å². The van der Waals surface area contributed by atoms with Crippen molar-refractivity contribution in [3.05, 3.63) is 54.4 Å². The van der Waals surface area contributed by atoms with Gasteiger partial charge in [-0.2, -0.15) is 0 Å². The molecule has 30 heavy (non-hydrogen) atoms. The van der Waals surface area contributed by atoms with Gasteiger partial charge in [-0.25, -0.2) is 4.79 Å². The molecule has 3 amide bonds. The molecule has 164 valence electrons. The number of rotatable bonds is 5. The van der Waals surface area contributed by atoms with E-state index in [1.54, 1.807) is 36.7 Å². The molecule has 2 aromatic rings. The summed E-state index contributed by atoms with van der Waals surface area (Å²) < 4.78 is 0. The highest BCUT2D eigenvalue weighted by atomic mass is 35.5. The highest BCUT2D eigenvalue weighted by Crippen LogP contribution is 2.32. The van der Waals surface area contributed by atoms with Crippen LogP contribution >= 0.6 is 24.8 Å². The average molecular weight is 454 g/mol. The van der Waals surface area contributed by atoms with Crippen molar-refractivity contribution >= 4 is 48.1 Å². The second kappa shape index (κ2) is 11.7. The Kier molecular flexibility index (Phi) is 10.0. The number of halogens is 2. The van der Waals surface area contributed by atoms with E-state index >= 15 is 0 Å². The lowest BCUT2D eigenvalue weighted by Gasteiger charge is -2.37. The summed E-state index contributed by atoms with van der Waals surface area (Å²) >= 11 is 0. The number of amides is 3. The maximum Gasteiger partial charge on any atom is 0.319 e. The van der Waals surface area contributed by atoms with Gasteiger partial charge in [-0.1, -0.05) is 18.9 Å². The Balaban J connectivity index is 0.00000225. The summed E-state index contributed by atoms with van der Waals surface area (Å²) in [5.74, 6) is -0.273. The molecule has 1 saturated carbocycles. The van der Waals surface area contributed by atoms with Crippen LogP contribution in [0.4, 0.5) is 16.2 Å². The molecule has 0 aliphatic heterocycles. The van der Waals surface area contributed by atoms with Crippen LogP contribution in [-0.2, 0) is 11.3 Å². The number of nitrogens with one attached hydrogen (secondary N) is 3. The lowest BCUT2D eigenvalue weighted by atomic mass is 9.74. The van der Waals surface area contributed by atoms with Crippen LogP contribution in [0.25, 0.3) is 0 Å². The molecule has 1 aromatic heterocycles. The lowest BCUT2D eigenvalue weighted by molar-refractivity contribution is -0.122. The molecule has 1 heterocycles. The van der Waals surface area contributed by atoms with E-state index in [-0.39, 0.29) is 42.7 Å². The van der Waals surface area contributed by atoms with Crippen molar-refractivity contribution in [3.8, 4) is 0 Å². The maximum atomic E-state index is 12.7. The first-order chi connectivity index (χ1) is 13.4. The smallest absolute Gasteiger partial charge is 0.319 e. The Morgan fingerprint density at radius 2 is 1.77 bits per heavy atom. The van der Waals surface area contributed by atoms with E-state index in [1.807, 2.05) is 19.1 Å². The van der Waals surface area contributed by atoms with Crippen LogP contribution in [-0.4, -0.2) is 22.5 Å². The van der Waals surface area contributed by atoms with Gasteiger partial charge in [0.25, 0.3) is 0 Å². The van der Waals surface area contributed by atoms with Gasteiger partial charge in [0.2, 0.25) is 5.91 Å². The zero-order valence-corrected chi connectivity index (χ0v) is 18.5. The first-order valence-electron chi connectivity index (χ1n) is 9.57. The van der Waals surface area contributed by atoms with Gasteiger partial charge in [-0.15, -0.1) is 24.8 Å². The Labute approximate surface area is 189 Å². The highest BCUT2D eigenvalue weighted by Gasteiger charge is 2.37. The lowest BCUT2D eigenvalue weighted by Crippen LogP contribution is -2.51. The third kappa shape index (κ3) is 7.16. The van der Waals surface area contributed by atoms with Gasteiger partial charge in [0.15, 0.2) is 0 Å². The molecule has 0 radical (unpaired) electrons. The molecule has 1 fully saturated rings. The fourth-order valence-electron chi connectivity index (χ4n) is 3.55. The predicted octanol–water partition coefficient (Wildman–Crippen LogP) is 4.09. The van der Waals surface area contributed by atoms with Crippen molar-refractivity contribution < 1.29 is 9.59 Å². The third-order valence-electron chi connectivity index (χ3n) is 5.16. The molecule has 0 saturated heterocycles. The van der Waals surface area contributed by atoms with Crippen molar-refractivity contribution in [2.24, 2.45) is 11.7 Å². The highest BCUT2D eigenvalue weighted by molar-refractivity contribution is 5.95. The number of carbonyl (C=O) groups excluding carboxylic acids is 2. The van der Waals surface area contributed by atoms with E-state index < -0.39 is 5.54 Å². The average Bonchev–Trinajstić information content (AvgIpc) is 2.67. The van der Waals surface area contributed by atoms with E-state index in [4.69, 9.17) is 5.73 Å². The number of benzene rings is 1. The summed E-state index contributed by atoms with van der Waals surface area (Å²) in [4.78, 5) is 28.7. The second-order valence-corrected chi connectivity index (χ2v) is 7.54. The van der Waals surface area contributed by atoms with Crippen LogP contribution in [0.2, 0.25) is 0 Å². The Hall–Kier alpha value is -2.35. The molecule has 5 N–H and O–H groups in total. The molecule has 7 nitrogen and oxygen atoms in total. The summed E-state index contributed by atoms with van der Waals surface area (Å²) in [6.07, 6.45) is 7.09. The van der Waals surface area contributed by atoms with Gasteiger partial charge < -0.3 is 21.7 Å². The van der Waals surface area contributed by atoms with Gasteiger partial charge in [0.05, 0.1) is 5.92 Å². The van der Waals surface area contributed by atoms with Crippen molar-refractivity contribution in [2.45, 2.75) is 44.7 Å². The number of urea groups is 1. The fourth-order valence-corrected chi connectivity index (χ4v) is 3.55. The van der Waals surface area contributed by atoms with Crippen molar-refractivity contribution in [1.29, 1.82) is 0 Å². The first-order valence-corrected chi connectivity index (χ1v) is 9.57. The Morgan fingerprint density at radius 1 is 1.10 bits per heavy atom. The minimum atomic E-state index is -0.481. The molecule has 0 bridgehead atoms. The fraction of sp³-hybridized carbons (Fsp3) is 0.381. The number of nitrogens with two attached hydrogens (primary N) is 1. The summed E-state index contributed by atoms with van der Waals surface area (Å²) in [5.41, 5.74) is 8.04. The minimum Gasteiger partial charge on any atom is -0.334 e. The Bertz CT molecular complexity index is 833. The predicted molar refractivity (Wildman–Crippen MR) is 124 cm³/mol. The molecule has 2 unspecified atom stereocenters. The molecule has 0 spiro atoms. The van der Waals surface area contributed by atoms with E-state index in [2.05, 4.69) is 20.9 Å². The standard InChI is InChI=1S/C21H27N5O2.2ClH/c1-21(22)10-3-2-7-18(21)19(27)25-16-5-4-6-17(13-16)26-20(28)24-14-15-8-11-23-12-9-15;;/h4-6,8-9,11-13,18H,2-3,7,10,14,22H2,1H3,(H,25,27)(H2,24,26,28);2*1H. The number of anilines is 2. The van der Waals surface area contributed by atoms with Crippen LogP contribution in [0.5, 0.6) is 0 Å². The number of nitrogens with zero attached hydrogens (tertiary/aromatic N) is 1. The monoisotopic (exact) mass is 453 g/mol. The molecule has 3 rings (SSSR count). The van der Waals surface area contributed by atoms with Gasteiger partial charge in [-0.3, -0.25) is 9.78 Å². The molecule has 1 aliphatic rings. The molecular formula is C21H29Cl2N5O2. The summed E-state index contributed by atoms with van der Waals surface area (Å²) in [7, 11) is 0. The number of hydrogen-bond acceptors (Lipinski definition) is 4. The van der Waals surface area contributed by atoms with E-state index in [9.17, 15) is 9.59 Å². The van der Waals surface area contributed by atoms with Crippen molar-refractivity contribution in [3.63, 3.8) is 0 Å². The van der Waals surface area contributed by atoms with Gasteiger partial charge in [-0.05, 0) is 55.7 Å². The maximum absolute atomic E-state index is 12.7. The molecule has 2 atom stereocenters. The van der Waals surface area contributed by atoms with E-state index in [1.165, 1.54) is 0 Å². The van der Waals surface area contributed by atoms with Crippen LogP contribution < -0.4 is 21.7 Å². The SMILES string of the molecule is CC1(N)CCCCC1C(=O)Nc1cccc(NC(=O)NCc2ccncc2)c1.Cl.Cl. The van der Waals surface area contributed by atoms with Crippen molar-refractivity contribution in [2.75, 3.05) is 10.6 Å². The number of carbonyl (C=O) groups is 2. The summed E-state index contributed by atoms with van der Waals surface area (Å²) in [5, 5.41) is 8.51. The van der Waals surface area contributed by atoms with Crippen LogP contribution in [0, 0.1) is 5.92 Å². The number of aromatic nitrogens is 1. The molecule has 1 aromatic carbocycles. The van der Waals surface area contributed by atoms with Crippen LogP contribution in [0.3, 0.4) is 0 Å². The molecule has 9 heteroatoms. The van der Waals surface area contributed by atoms with Crippen LogP contribution in [0.15, 0.2) is 48.8 Å². The zero-order valence-electron chi connectivity index (χ0n) is 16.9. The third-order valence-corrected chi connectivity index (χ3v) is 5.16.